The zero-order chi connectivity index (χ0) is 11.0. The number of nitrogens with one attached hydrogen (secondary N) is 2. The highest BCUT2D eigenvalue weighted by molar-refractivity contribution is 5.95. The lowest BCUT2D eigenvalue weighted by atomic mass is 9.98. The molecule has 0 atom stereocenters. The van der Waals surface area contributed by atoms with Crippen LogP contribution in [0, 0.1) is 0 Å². The molecule has 80 valence electrons. The molecule has 0 radical (unpaired) electrons. The summed E-state index contributed by atoms with van der Waals surface area (Å²) in [6.07, 6.45) is 7.42. The fourth-order valence-electron chi connectivity index (χ4n) is 2.35. The summed E-state index contributed by atoms with van der Waals surface area (Å²) in [6, 6.07) is 6.53. The number of anilines is 1. The normalized spacial score (nSPS) is 13.6. The average Bonchev–Trinajstić information content (AvgIpc) is 2.38. The van der Waals surface area contributed by atoms with Crippen LogP contribution in [-0.4, -0.2) is 6.54 Å². The summed E-state index contributed by atoms with van der Waals surface area (Å²) in [6.45, 7) is 3.12. The predicted molar refractivity (Wildman–Crippen MR) is 67.4 cm³/mol. The van der Waals surface area contributed by atoms with Gasteiger partial charge < -0.3 is 5.32 Å². The molecule has 2 N–H and O–H groups in total. The highest BCUT2D eigenvalue weighted by Gasteiger charge is 2.15. The molecular formula is C14H15N2+. The second-order valence-electron chi connectivity index (χ2n) is 4.10. The Morgan fingerprint density at radius 3 is 3.25 bits per heavy atom. The summed E-state index contributed by atoms with van der Waals surface area (Å²) in [5, 5.41) is 4.76. The van der Waals surface area contributed by atoms with Crippen LogP contribution in [0.1, 0.15) is 18.1 Å². The van der Waals surface area contributed by atoms with E-state index < -0.39 is 0 Å². The van der Waals surface area contributed by atoms with E-state index in [1.54, 1.807) is 0 Å². The molecule has 1 aromatic heterocycles. The summed E-state index contributed by atoms with van der Waals surface area (Å²) in [5.41, 5.74) is 5.15. The SMILES string of the molecule is CCc1cc2c(c3[nH+]cccc13)NCC=C2. The second-order valence-corrected chi connectivity index (χ2v) is 4.10. The van der Waals surface area contributed by atoms with Gasteiger partial charge in [0.25, 0.3) is 0 Å². The summed E-state index contributed by atoms with van der Waals surface area (Å²) < 4.78 is 0. The number of aromatic amines is 1. The summed E-state index contributed by atoms with van der Waals surface area (Å²) >= 11 is 0. The van der Waals surface area contributed by atoms with Crippen molar-refractivity contribution < 1.29 is 4.98 Å². The highest BCUT2D eigenvalue weighted by Crippen LogP contribution is 2.30. The Bertz CT molecular complexity index is 570. The first kappa shape index (κ1) is 9.40. The van der Waals surface area contributed by atoms with Crippen molar-refractivity contribution in [3.8, 4) is 0 Å². The highest BCUT2D eigenvalue weighted by atomic mass is 14.9. The molecule has 2 nitrogen and oxygen atoms in total. The largest absolute Gasteiger partial charge is 0.376 e. The van der Waals surface area contributed by atoms with Gasteiger partial charge in [0.1, 0.15) is 5.69 Å². The number of fused-ring (bicyclic) bond motifs is 3. The third-order valence-electron chi connectivity index (χ3n) is 3.15. The minimum Gasteiger partial charge on any atom is -0.376 e. The molecule has 0 fully saturated rings. The molecule has 0 spiro atoms. The second kappa shape index (κ2) is 3.63. The molecule has 2 heteroatoms. The lowest BCUT2D eigenvalue weighted by Gasteiger charge is -2.14. The van der Waals surface area contributed by atoms with Gasteiger partial charge in [-0.1, -0.05) is 19.1 Å². The van der Waals surface area contributed by atoms with Crippen molar-refractivity contribution in [2.75, 3.05) is 11.9 Å². The van der Waals surface area contributed by atoms with Gasteiger partial charge in [-0.25, -0.2) is 4.98 Å². The van der Waals surface area contributed by atoms with Gasteiger partial charge in [-0.2, -0.15) is 0 Å². The van der Waals surface area contributed by atoms with Crippen molar-refractivity contribution in [1.82, 2.24) is 0 Å². The lowest BCUT2D eigenvalue weighted by molar-refractivity contribution is -0.344. The van der Waals surface area contributed by atoms with Crippen LogP contribution in [0.2, 0.25) is 0 Å². The van der Waals surface area contributed by atoms with E-state index in [9.17, 15) is 0 Å². The Morgan fingerprint density at radius 2 is 2.38 bits per heavy atom. The summed E-state index contributed by atoms with van der Waals surface area (Å²) in [5.74, 6) is 0. The Labute approximate surface area is 95.0 Å². The molecule has 1 aliphatic rings. The number of hydrogen-bond donors (Lipinski definition) is 1. The Hall–Kier alpha value is -1.83. The van der Waals surface area contributed by atoms with Gasteiger partial charge >= 0.3 is 0 Å². The number of aryl methyl sites for hydroxylation is 1. The number of benzene rings is 1. The standard InChI is InChI=1S/C14H14N2/c1-2-10-9-11-5-3-7-15-13(11)14-12(10)6-4-8-16-14/h3-6,8-9,15H,2,7H2,1H3/p+1. The number of H-pyrrole nitrogens is 1. The zero-order valence-electron chi connectivity index (χ0n) is 9.38. The lowest BCUT2D eigenvalue weighted by Crippen LogP contribution is -2.12. The van der Waals surface area contributed by atoms with Crippen LogP contribution in [0.4, 0.5) is 5.69 Å². The van der Waals surface area contributed by atoms with Crippen LogP contribution in [0.15, 0.2) is 30.5 Å². The van der Waals surface area contributed by atoms with Crippen molar-refractivity contribution >= 4 is 22.7 Å². The van der Waals surface area contributed by atoms with E-state index in [1.807, 2.05) is 6.20 Å². The monoisotopic (exact) mass is 211 g/mol. The van der Waals surface area contributed by atoms with E-state index in [-0.39, 0.29) is 0 Å². The smallest absolute Gasteiger partial charge is 0.235 e. The minimum atomic E-state index is 0.913. The molecule has 0 amide bonds. The van der Waals surface area contributed by atoms with E-state index in [0.717, 1.165) is 13.0 Å². The fourth-order valence-corrected chi connectivity index (χ4v) is 2.35. The summed E-state index contributed by atoms with van der Waals surface area (Å²) in [7, 11) is 0. The molecule has 0 unspecified atom stereocenters. The molecule has 2 heterocycles. The van der Waals surface area contributed by atoms with Gasteiger partial charge in [0.2, 0.25) is 5.52 Å². The van der Waals surface area contributed by atoms with E-state index in [4.69, 9.17) is 0 Å². The van der Waals surface area contributed by atoms with Crippen LogP contribution in [-0.2, 0) is 6.42 Å². The number of aromatic nitrogens is 1. The third-order valence-corrected chi connectivity index (χ3v) is 3.15. The van der Waals surface area contributed by atoms with Crippen molar-refractivity contribution in [3.05, 3.63) is 41.6 Å². The molecule has 0 saturated carbocycles. The van der Waals surface area contributed by atoms with Crippen LogP contribution in [0.25, 0.3) is 17.0 Å². The maximum absolute atomic E-state index is 3.44. The van der Waals surface area contributed by atoms with Gasteiger partial charge in [-0.05, 0) is 24.1 Å². The van der Waals surface area contributed by atoms with Crippen molar-refractivity contribution in [2.24, 2.45) is 0 Å². The van der Waals surface area contributed by atoms with Gasteiger partial charge in [-0.15, -0.1) is 0 Å². The maximum atomic E-state index is 3.44. The van der Waals surface area contributed by atoms with Crippen LogP contribution in [0.3, 0.4) is 0 Å². The van der Waals surface area contributed by atoms with E-state index in [2.05, 4.69) is 47.6 Å². The first-order valence-corrected chi connectivity index (χ1v) is 5.77. The van der Waals surface area contributed by atoms with Crippen LogP contribution in [0.5, 0.6) is 0 Å². The van der Waals surface area contributed by atoms with Crippen molar-refractivity contribution in [2.45, 2.75) is 13.3 Å². The van der Waals surface area contributed by atoms with E-state index in [1.165, 1.54) is 27.7 Å². The van der Waals surface area contributed by atoms with Crippen molar-refractivity contribution in [1.29, 1.82) is 0 Å². The fraction of sp³-hybridized carbons (Fsp3) is 0.214. The Balaban J connectivity index is 2.41. The third kappa shape index (κ3) is 1.30. The van der Waals surface area contributed by atoms with Crippen LogP contribution >= 0.6 is 0 Å². The minimum absolute atomic E-state index is 0.913. The molecule has 2 aromatic rings. The zero-order valence-corrected chi connectivity index (χ0v) is 9.38. The van der Waals surface area contributed by atoms with E-state index >= 15 is 0 Å². The maximum Gasteiger partial charge on any atom is 0.235 e. The molecule has 0 saturated heterocycles. The first-order chi connectivity index (χ1) is 7.90. The number of rotatable bonds is 1. The van der Waals surface area contributed by atoms with Crippen LogP contribution < -0.4 is 10.3 Å². The Morgan fingerprint density at radius 1 is 1.44 bits per heavy atom. The molecule has 3 rings (SSSR count). The van der Waals surface area contributed by atoms with Gasteiger partial charge in [0.15, 0.2) is 6.20 Å². The molecule has 0 aliphatic carbocycles. The molecule has 1 aliphatic heterocycles. The van der Waals surface area contributed by atoms with Gasteiger partial charge in [0, 0.05) is 18.2 Å². The van der Waals surface area contributed by atoms with Crippen molar-refractivity contribution in [3.63, 3.8) is 0 Å². The van der Waals surface area contributed by atoms with Gasteiger partial charge in [-0.3, -0.25) is 0 Å². The van der Waals surface area contributed by atoms with Gasteiger partial charge in [0.05, 0.1) is 5.39 Å². The molecular weight excluding hydrogens is 196 g/mol. The first-order valence-electron chi connectivity index (χ1n) is 5.77. The topological polar surface area (TPSA) is 26.2 Å². The molecule has 1 aromatic carbocycles. The molecule has 0 bridgehead atoms. The quantitative estimate of drug-likeness (QED) is 0.771. The number of hydrogen-bond acceptors (Lipinski definition) is 1. The van der Waals surface area contributed by atoms with E-state index in [0.29, 0.717) is 0 Å². The molecule has 16 heavy (non-hydrogen) atoms. The predicted octanol–water partition coefficient (Wildman–Crippen LogP) is 2.66. The Kier molecular flexibility index (Phi) is 2.13. The summed E-state index contributed by atoms with van der Waals surface area (Å²) in [4.78, 5) is 3.36. The average molecular weight is 211 g/mol. The number of pyridine rings is 1.